The fourth-order valence-corrected chi connectivity index (χ4v) is 3.32. The molecule has 3 rings (SSSR count). The number of hydrogen-bond donors (Lipinski definition) is 1. The van der Waals surface area contributed by atoms with Gasteiger partial charge in [-0.2, -0.15) is 0 Å². The molecule has 0 radical (unpaired) electrons. The number of aromatic nitrogens is 1. The van der Waals surface area contributed by atoms with Crippen LogP contribution in [0, 0.1) is 6.92 Å². The van der Waals surface area contributed by atoms with Gasteiger partial charge in [0.2, 0.25) is 5.88 Å². The van der Waals surface area contributed by atoms with E-state index < -0.39 is 17.4 Å². The highest BCUT2D eigenvalue weighted by Gasteiger charge is 2.45. The van der Waals surface area contributed by atoms with Crippen molar-refractivity contribution in [3.8, 4) is 0 Å². The quantitative estimate of drug-likeness (QED) is 0.843. The molecule has 1 aliphatic rings. The summed E-state index contributed by atoms with van der Waals surface area (Å²) in [6, 6.07) is 11.3. The second-order valence-electron chi connectivity index (χ2n) is 6.52. The molecule has 1 amide bonds. The first-order valence-electron chi connectivity index (χ1n) is 8.52. The molecular formula is C19H22N2O4. The second kappa shape index (κ2) is 7.09. The summed E-state index contributed by atoms with van der Waals surface area (Å²) in [5.41, 5.74) is 0.962. The molecule has 1 N–H and O–H groups in total. The first-order valence-corrected chi connectivity index (χ1v) is 8.52. The van der Waals surface area contributed by atoms with Crippen molar-refractivity contribution in [1.82, 2.24) is 5.16 Å². The topological polar surface area (TPSA) is 81.4 Å². The number of carbonyl (C=O) groups is 2. The Morgan fingerprint density at radius 1 is 1.24 bits per heavy atom. The van der Waals surface area contributed by atoms with Gasteiger partial charge in [0.25, 0.3) is 5.91 Å². The maximum absolute atomic E-state index is 12.9. The minimum atomic E-state index is -0.918. The predicted molar refractivity (Wildman–Crippen MR) is 92.0 cm³/mol. The van der Waals surface area contributed by atoms with Crippen LogP contribution in [-0.4, -0.2) is 23.1 Å². The van der Waals surface area contributed by atoms with E-state index in [2.05, 4.69) is 10.5 Å². The third-order valence-corrected chi connectivity index (χ3v) is 4.70. The number of ether oxygens (including phenoxy) is 1. The van der Waals surface area contributed by atoms with Gasteiger partial charge in [0.05, 0.1) is 11.1 Å². The van der Waals surface area contributed by atoms with Crippen molar-refractivity contribution in [2.45, 2.75) is 51.0 Å². The van der Waals surface area contributed by atoms with Crippen LogP contribution in [0.2, 0.25) is 0 Å². The third-order valence-electron chi connectivity index (χ3n) is 4.70. The van der Waals surface area contributed by atoms with E-state index in [4.69, 9.17) is 9.26 Å². The van der Waals surface area contributed by atoms with Gasteiger partial charge in [-0.05, 0) is 32.3 Å². The Morgan fingerprint density at radius 2 is 1.92 bits per heavy atom. The monoisotopic (exact) mass is 342 g/mol. The number of nitrogens with one attached hydrogen (secondary N) is 1. The Bertz CT molecular complexity index is 748. The highest BCUT2D eigenvalue weighted by atomic mass is 16.5. The number of amides is 1. The molecule has 1 aliphatic carbocycles. The summed E-state index contributed by atoms with van der Waals surface area (Å²) in [5.74, 6) is -0.539. The van der Waals surface area contributed by atoms with Crippen LogP contribution in [0.15, 0.2) is 40.9 Å². The maximum atomic E-state index is 12.9. The fourth-order valence-electron chi connectivity index (χ4n) is 3.32. The highest BCUT2D eigenvalue weighted by Crippen LogP contribution is 2.42. The molecule has 1 saturated carbocycles. The molecular weight excluding hydrogens is 320 g/mol. The summed E-state index contributed by atoms with van der Waals surface area (Å²) in [6.07, 6.45) is 2.51. The average Bonchev–Trinajstić information content (AvgIpc) is 3.25. The third kappa shape index (κ3) is 3.57. The molecule has 1 heterocycles. The Balaban J connectivity index is 1.70. The molecule has 2 aromatic rings. The standard InChI is InChI=1S/C19H22N2O4/c1-13-12-16(25-21-13)20-17(22)14(2)24-18(23)19(10-6-7-11-19)15-8-4-3-5-9-15/h3-5,8-9,12,14H,6-7,10-11H2,1-2H3,(H,20,22)/t14-/m1/s1. The van der Waals surface area contributed by atoms with Gasteiger partial charge in [-0.3, -0.25) is 14.9 Å². The van der Waals surface area contributed by atoms with E-state index in [1.54, 1.807) is 19.9 Å². The Morgan fingerprint density at radius 3 is 2.52 bits per heavy atom. The number of rotatable bonds is 5. The van der Waals surface area contributed by atoms with Crippen LogP contribution in [0.1, 0.15) is 43.9 Å². The van der Waals surface area contributed by atoms with Crippen LogP contribution in [0.25, 0.3) is 0 Å². The van der Waals surface area contributed by atoms with Crippen molar-refractivity contribution in [2.75, 3.05) is 5.32 Å². The molecule has 1 aromatic carbocycles. The number of esters is 1. The number of anilines is 1. The molecule has 1 fully saturated rings. The van der Waals surface area contributed by atoms with E-state index in [1.807, 2.05) is 30.3 Å². The Labute approximate surface area is 146 Å². The average molecular weight is 342 g/mol. The lowest BCUT2D eigenvalue weighted by Crippen LogP contribution is -2.39. The number of carbonyl (C=O) groups excluding carboxylic acids is 2. The molecule has 1 aromatic heterocycles. The van der Waals surface area contributed by atoms with Gasteiger partial charge >= 0.3 is 5.97 Å². The summed E-state index contributed by atoms with van der Waals surface area (Å²) in [4.78, 5) is 25.1. The van der Waals surface area contributed by atoms with Gasteiger partial charge in [-0.25, -0.2) is 0 Å². The summed E-state index contributed by atoms with van der Waals surface area (Å²) in [6.45, 7) is 3.32. The molecule has 0 saturated heterocycles. The van der Waals surface area contributed by atoms with Gasteiger partial charge in [0.1, 0.15) is 0 Å². The van der Waals surface area contributed by atoms with Crippen molar-refractivity contribution < 1.29 is 18.8 Å². The van der Waals surface area contributed by atoms with Gasteiger partial charge in [-0.1, -0.05) is 48.3 Å². The smallest absolute Gasteiger partial charge is 0.317 e. The van der Waals surface area contributed by atoms with Crippen LogP contribution < -0.4 is 5.32 Å². The zero-order chi connectivity index (χ0) is 17.9. The van der Waals surface area contributed by atoms with E-state index in [1.165, 1.54) is 0 Å². The minimum absolute atomic E-state index is 0.240. The number of aryl methyl sites for hydroxylation is 1. The number of benzene rings is 1. The zero-order valence-corrected chi connectivity index (χ0v) is 14.5. The normalized spacial score (nSPS) is 17.0. The van der Waals surface area contributed by atoms with Crippen molar-refractivity contribution in [3.05, 3.63) is 47.7 Å². The van der Waals surface area contributed by atoms with Crippen molar-refractivity contribution in [2.24, 2.45) is 0 Å². The molecule has 0 spiro atoms. The fraction of sp³-hybridized carbons (Fsp3) is 0.421. The maximum Gasteiger partial charge on any atom is 0.317 e. The number of nitrogens with zero attached hydrogens (tertiary/aromatic N) is 1. The van der Waals surface area contributed by atoms with Crippen molar-refractivity contribution in [3.63, 3.8) is 0 Å². The van der Waals surface area contributed by atoms with Crippen molar-refractivity contribution in [1.29, 1.82) is 0 Å². The van der Waals surface area contributed by atoms with Crippen LogP contribution in [0.3, 0.4) is 0 Å². The minimum Gasteiger partial charge on any atom is -0.452 e. The van der Waals surface area contributed by atoms with Gasteiger partial charge in [0.15, 0.2) is 6.10 Å². The lowest BCUT2D eigenvalue weighted by Gasteiger charge is -2.28. The van der Waals surface area contributed by atoms with Crippen LogP contribution in [0.5, 0.6) is 0 Å². The predicted octanol–water partition coefficient (Wildman–Crippen LogP) is 3.37. The van der Waals surface area contributed by atoms with Crippen LogP contribution in [-0.2, 0) is 19.7 Å². The van der Waals surface area contributed by atoms with Crippen molar-refractivity contribution >= 4 is 17.8 Å². The molecule has 0 bridgehead atoms. The summed E-state index contributed by atoms with van der Waals surface area (Å²) in [5, 5.41) is 6.27. The van der Waals surface area contributed by atoms with E-state index in [0.717, 1.165) is 31.2 Å². The van der Waals surface area contributed by atoms with E-state index in [-0.39, 0.29) is 11.9 Å². The molecule has 0 aliphatic heterocycles. The summed E-state index contributed by atoms with van der Waals surface area (Å²) < 4.78 is 10.5. The molecule has 6 heteroatoms. The van der Waals surface area contributed by atoms with Gasteiger partial charge in [-0.15, -0.1) is 0 Å². The zero-order valence-electron chi connectivity index (χ0n) is 14.5. The molecule has 0 unspecified atom stereocenters. The first-order chi connectivity index (χ1) is 12.0. The van der Waals surface area contributed by atoms with E-state index in [9.17, 15) is 9.59 Å². The molecule has 1 atom stereocenters. The van der Waals surface area contributed by atoms with Crippen LogP contribution >= 0.6 is 0 Å². The van der Waals surface area contributed by atoms with Gasteiger partial charge < -0.3 is 9.26 Å². The van der Waals surface area contributed by atoms with Crippen LogP contribution in [0.4, 0.5) is 5.88 Å². The largest absolute Gasteiger partial charge is 0.452 e. The summed E-state index contributed by atoms with van der Waals surface area (Å²) >= 11 is 0. The highest BCUT2D eigenvalue weighted by molar-refractivity contribution is 5.95. The first kappa shape index (κ1) is 17.2. The molecule has 25 heavy (non-hydrogen) atoms. The lowest BCUT2D eigenvalue weighted by molar-refractivity contribution is -0.159. The Kier molecular flexibility index (Phi) is 4.88. The molecule has 6 nitrogen and oxygen atoms in total. The molecule has 132 valence electrons. The second-order valence-corrected chi connectivity index (χ2v) is 6.52. The summed E-state index contributed by atoms with van der Waals surface area (Å²) in [7, 11) is 0. The van der Waals surface area contributed by atoms with Gasteiger partial charge in [0, 0.05) is 6.07 Å². The van der Waals surface area contributed by atoms with E-state index in [0.29, 0.717) is 5.69 Å². The SMILES string of the molecule is Cc1cc(NC(=O)[C@@H](C)OC(=O)C2(c3ccccc3)CCCC2)on1. The number of hydrogen-bond acceptors (Lipinski definition) is 5. The lowest BCUT2D eigenvalue weighted by atomic mass is 9.79. The Hall–Kier alpha value is -2.63. The van der Waals surface area contributed by atoms with E-state index >= 15 is 0 Å².